The average molecular weight is 1030 g/mol. The number of ether oxygens (including phenoxy) is 6. The molecule has 19 nitrogen and oxygen atoms in total. The quantitative estimate of drug-likeness (QED) is 0.0666. The zero-order chi connectivity index (χ0) is 52.5. The Morgan fingerprint density at radius 2 is 1.46 bits per heavy atom. The third-order valence-electron chi connectivity index (χ3n) is 20.5. The SMILES string of the molecule is CC1O[C@@H](OC2C(O)[C@@H](NC(=O)CCCCCN)C(CO)O[C@H]2OC(=O)[C@]23CCC(C)(C)CC2C2=CCC4C5(C)CC[C@H](O)[C@](C)(CO)[C@@H]5CC[C@]4(C)[C@]2(C)CC3)C(O)C(O)[C@H]1O[C@@H]1OC[C@@H](O)C(O)C1O. The maximum atomic E-state index is 15.5. The van der Waals surface area contributed by atoms with Crippen LogP contribution in [0.5, 0.6) is 0 Å². The molecule has 3 heterocycles. The van der Waals surface area contributed by atoms with Crippen molar-refractivity contribution in [3.05, 3.63) is 11.6 Å². The highest BCUT2D eigenvalue weighted by Crippen LogP contribution is 2.76. The topological polar surface area (TPSA) is 310 Å². The third-order valence-corrected chi connectivity index (χ3v) is 20.5. The number of amides is 1. The Bertz CT molecular complexity index is 1960. The van der Waals surface area contributed by atoms with Gasteiger partial charge in [0.05, 0.1) is 43.5 Å². The molecule has 412 valence electrons. The molecule has 72 heavy (non-hydrogen) atoms. The van der Waals surface area contributed by atoms with E-state index >= 15 is 4.79 Å². The van der Waals surface area contributed by atoms with Crippen molar-refractivity contribution in [1.82, 2.24) is 5.32 Å². The van der Waals surface area contributed by atoms with E-state index in [0.717, 1.165) is 44.9 Å². The zero-order valence-corrected chi connectivity index (χ0v) is 43.6. The standard InChI is InChI=1S/C53H88N2O17/c1-27-42(70-44-40(64)37(61)30(58)25-67-44)39(63)41(65)45(68-27)71-43-38(62)36(55-35(60)11-9-8-10-22-54)31(24-56)69-46(43)72-47(66)53-20-18-48(2,3)23-29(53)28-12-13-33-49(4)16-15-34(59)50(5,26-57)32(49)14-17-52(33,7)51(28,6)19-21-53/h12,27,29-34,36-46,56-59,61-65H,8-11,13-26,54H2,1-7H3,(H,55,60)/t27?,29?,30-,31?,32-,33?,34+,36+,37?,38?,39?,40?,41?,42+,43?,44+,45+,46+,49?,50-,51-,52+,53+/m1/s1. The van der Waals surface area contributed by atoms with Crippen LogP contribution in [0.4, 0.5) is 0 Å². The van der Waals surface area contributed by atoms with Gasteiger partial charge in [-0.05, 0) is 130 Å². The third kappa shape index (κ3) is 9.55. The van der Waals surface area contributed by atoms with Gasteiger partial charge in [0.25, 0.3) is 0 Å². The van der Waals surface area contributed by atoms with Crippen LogP contribution in [0.2, 0.25) is 0 Å². The number of carbonyl (C=O) groups is 2. The maximum Gasteiger partial charge on any atom is 0.315 e. The lowest BCUT2D eigenvalue weighted by Gasteiger charge is -2.71. The number of nitrogens with two attached hydrogens (primary N) is 1. The summed E-state index contributed by atoms with van der Waals surface area (Å²) in [5.74, 6) is -0.770. The lowest BCUT2D eigenvalue weighted by atomic mass is 9.33. The first-order valence-electron chi connectivity index (χ1n) is 27.0. The summed E-state index contributed by atoms with van der Waals surface area (Å²) in [6.45, 7) is 14.6. The second-order valence-electron chi connectivity index (χ2n) is 25.0. The van der Waals surface area contributed by atoms with Crippen molar-refractivity contribution in [3.8, 4) is 0 Å². The highest BCUT2D eigenvalue weighted by Gasteiger charge is 2.70. The predicted molar refractivity (Wildman–Crippen MR) is 258 cm³/mol. The number of aliphatic hydroxyl groups is 9. The second kappa shape index (κ2) is 21.1. The number of unbranched alkanes of at least 4 members (excludes halogenated alkanes) is 2. The molecular formula is C53H88N2O17. The molecule has 1 amide bonds. The number of aliphatic hydroxyl groups excluding tert-OH is 9. The molecule has 3 aliphatic heterocycles. The fourth-order valence-electron chi connectivity index (χ4n) is 15.7. The molecule has 0 aromatic rings. The largest absolute Gasteiger partial charge is 0.432 e. The number of rotatable bonds is 14. The summed E-state index contributed by atoms with van der Waals surface area (Å²) in [4.78, 5) is 28.9. The number of nitrogens with one attached hydrogen (secondary N) is 1. The zero-order valence-electron chi connectivity index (χ0n) is 43.6. The van der Waals surface area contributed by atoms with E-state index in [1.165, 1.54) is 12.5 Å². The molecule has 0 aromatic heterocycles. The summed E-state index contributed by atoms with van der Waals surface area (Å²) in [5.41, 5.74) is 4.64. The molecule has 3 saturated heterocycles. The van der Waals surface area contributed by atoms with Crippen molar-refractivity contribution in [2.45, 2.75) is 230 Å². The monoisotopic (exact) mass is 1020 g/mol. The fraction of sp³-hybridized carbons (Fsp3) is 0.925. The molecule has 4 saturated carbocycles. The molecule has 23 atom stereocenters. The van der Waals surface area contributed by atoms with Gasteiger partial charge in [0.2, 0.25) is 12.2 Å². The van der Waals surface area contributed by atoms with Crippen LogP contribution in [0.15, 0.2) is 11.6 Å². The number of fused-ring (bicyclic) bond motifs is 7. The van der Waals surface area contributed by atoms with E-state index in [-0.39, 0.29) is 59.0 Å². The van der Waals surface area contributed by atoms with E-state index in [4.69, 9.17) is 34.2 Å². The Morgan fingerprint density at radius 1 is 0.764 bits per heavy atom. The van der Waals surface area contributed by atoms with E-state index < -0.39 is 121 Å². The number of hydrogen-bond acceptors (Lipinski definition) is 18. The Kier molecular flexibility index (Phi) is 16.5. The van der Waals surface area contributed by atoms with Crippen LogP contribution >= 0.6 is 0 Å². The Morgan fingerprint density at radius 3 is 2.15 bits per heavy atom. The molecule has 0 aromatic carbocycles. The van der Waals surface area contributed by atoms with Gasteiger partial charge in [-0.3, -0.25) is 9.59 Å². The second-order valence-corrected chi connectivity index (χ2v) is 25.0. The fourth-order valence-corrected chi connectivity index (χ4v) is 15.7. The molecule has 12 N–H and O–H groups in total. The van der Waals surface area contributed by atoms with E-state index in [0.29, 0.717) is 45.1 Å². The number of hydrogen-bond donors (Lipinski definition) is 11. The van der Waals surface area contributed by atoms with Crippen LogP contribution in [0, 0.1) is 50.2 Å². The molecule has 19 heteroatoms. The van der Waals surface area contributed by atoms with Crippen LogP contribution in [-0.2, 0) is 38.0 Å². The molecule has 0 bridgehead atoms. The molecule has 0 spiro atoms. The van der Waals surface area contributed by atoms with Gasteiger partial charge in [0, 0.05) is 11.8 Å². The van der Waals surface area contributed by atoms with Gasteiger partial charge in [-0.25, -0.2) is 0 Å². The van der Waals surface area contributed by atoms with Crippen molar-refractivity contribution < 1.29 is 84.0 Å². The smallest absolute Gasteiger partial charge is 0.315 e. The summed E-state index contributed by atoms with van der Waals surface area (Å²) in [5, 5.41) is 102. The Balaban J connectivity index is 1.08. The minimum atomic E-state index is -1.88. The predicted octanol–water partition coefficient (Wildman–Crippen LogP) is 1.42. The van der Waals surface area contributed by atoms with Crippen molar-refractivity contribution in [2.24, 2.45) is 56.0 Å². The normalized spacial score (nSPS) is 50.0. The molecule has 5 aliphatic carbocycles. The first-order valence-corrected chi connectivity index (χ1v) is 27.0. The summed E-state index contributed by atoms with van der Waals surface area (Å²) >= 11 is 0. The van der Waals surface area contributed by atoms with E-state index in [1.807, 2.05) is 0 Å². The first-order chi connectivity index (χ1) is 33.9. The van der Waals surface area contributed by atoms with Crippen molar-refractivity contribution in [1.29, 1.82) is 0 Å². The van der Waals surface area contributed by atoms with E-state index in [2.05, 4.69) is 52.9 Å². The Labute approximate surface area is 424 Å². The van der Waals surface area contributed by atoms with Gasteiger partial charge < -0.3 is 85.4 Å². The number of allylic oxidation sites excluding steroid dienone is 2. The lowest BCUT2D eigenvalue weighted by molar-refractivity contribution is -0.369. The van der Waals surface area contributed by atoms with Gasteiger partial charge in [-0.15, -0.1) is 0 Å². The molecule has 7 fully saturated rings. The summed E-state index contributed by atoms with van der Waals surface area (Å²) in [7, 11) is 0. The summed E-state index contributed by atoms with van der Waals surface area (Å²) in [6.07, 6.45) is -9.14. The number of esters is 1. The molecule has 8 aliphatic rings. The van der Waals surface area contributed by atoms with Crippen molar-refractivity contribution in [2.75, 3.05) is 26.4 Å². The van der Waals surface area contributed by atoms with Crippen molar-refractivity contribution in [3.63, 3.8) is 0 Å². The molecule has 8 rings (SSSR count). The van der Waals surface area contributed by atoms with Crippen LogP contribution in [0.25, 0.3) is 0 Å². The van der Waals surface area contributed by atoms with Crippen LogP contribution < -0.4 is 11.1 Å². The van der Waals surface area contributed by atoms with Crippen LogP contribution in [0.1, 0.15) is 138 Å². The van der Waals surface area contributed by atoms with E-state index in [9.17, 15) is 50.8 Å². The molecule has 0 radical (unpaired) electrons. The minimum absolute atomic E-state index is 0.0676. The molecular weight excluding hydrogens is 937 g/mol. The Hall–Kier alpha value is -1.92. The van der Waals surface area contributed by atoms with Gasteiger partial charge >= 0.3 is 5.97 Å². The summed E-state index contributed by atoms with van der Waals surface area (Å²) in [6, 6.07) is -1.28. The van der Waals surface area contributed by atoms with Gasteiger partial charge in [0.15, 0.2) is 18.7 Å². The minimum Gasteiger partial charge on any atom is -0.432 e. The van der Waals surface area contributed by atoms with Gasteiger partial charge in [-0.1, -0.05) is 59.6 Å². The average Bonchev–Trinajstić information content (AvgIpc) is 3.33. The number of carbonyl (C=O) groups excluding carboxylic acids is 2. The highest BCUT2D eigenvalue weighted by atomic mass is 16.8. The van der Waals surface area contributed by atoms with Gasteiger partial charge in [-0.2, -0.15) is 0 Å². The van der Waals surface area contributed by atoms with Gasteiger partial charge in [0.1, 0.15) is 48.8 Å². The van der Waals surface area contributed by atoms with Crippen LogP contribution in [0.3, 0.4) is 0 Å². The van der Waals surface area contributed by atoms with Crippen molar-refractivity contribution >= 4 is 11.9 Å². The first kappa shape index (κ1) is 56.3. The lowest BCUT2D eigenvalue weighted by Crippen LogP contribution is -2.68. The highest BCUT2D eigenvalue weighted by molar-refractivity contribution is 5.79. The molecule has 11 unspecified atom stereocenters. The van der Waals surface area contributed by atoms with Crippen LogP contribution in [-0.4, -0.2) is 176 Å². The summed E-state index contributed by atoms with van der Waals surface area (Å²) < 4.78 is 36.5. The van der Waals surface area contributed by atoms with E-state index in [1.54, 1.807) is 0 Å². The maximum absolute atomic E-state index is 15.5.